The number of hydrogen-bond acceptors (Lipinski definition) is 2. The molecule has 1 heterocycles. The maximum atomic E-state index is 13.9. The molecule has 0 atom stereocenters. The Balaban J connectivity index is 2.47. The molecule has 0 fully saturated rings. The van der Waals surface area contributed by atoms with Crippen LogP contribution in [0.3, 0.4) is 0 Å². The normalized spacial score (nSPS) is 11.1. The quantitative estimate of drug-likeness (QED) is 0.752. The molecular formula is C13H14FNS. The second-order valence-corrected chi connectivity index (χ2v) is 5.22. The van der Waals surface area contributed by atoms with Crippen molar-refractivity contribution in [2.24, 2.45) is 0 Å². The Hall–Kier alpha value is -1.22. The number of aryl methyl sites for hydroxylation is 1. The average molecular weight is 235 g/mol. The van der Waals surface area contributed by atoms with Crippen LogP contribution in [-0.2, 0) is 0 Å². The van der Waals surface area contributed by atoms with Gasteiger partial charge < -0.3 is 0 Å². The van der Waals surface area contributed by atoms with Crippen LogP contribution >= 0.6 is 11.3 Å². The average Bonchev–Trinajstić information content (AvgIpc) is 2.71. The van der Waals surface area contributed by atoms with Crippen LogP contribution in [0.15, 0.2) is 24.4 Å². The first-order valence-electron chi connectivity index (χ1n) is 5.31. The highest BCUT2D eigenvalue weighted by Gasteiger charge is 2.12. The van der Waals surface area contributed by atoms with Crippen LogP contribution in [0.25, 0.3) is 10.6 Å². The van der Waals surface area contributed by atoms with E-state index in [4.69, 9.17) is 0 Å². The molecule has 0 spiro atoms. The van der Waals surface area contributed by atoms with Crippen LogP contribution in [0.2, 0.25) is 0 Å². The SMILES string of the molecule is Cc1cccc(-c2ncc(C(C)C)s2)c1F. The van der Waals surface area contributed by atoms with Gasteiger partial charge in [-0.2, -0.15) is 0 Å². The monoisotopic (exact) mass is 235 g/mol. The summed E-state index contributed by atoms with van der Waals surface area (Å²) in [7, 11) is 0. The van der Waals surface area contributed by atoms with Crippen LogP contribution in [0.5, 0.6) is 0 Å². The van der Waals surface area contributed by atoms with Gasteiger partial charge in [-0.05, 0) is 24.5 Å². The predicted octanol–water partition coefficient (Wildman–Crippen LogP) is 4.38. The summed E-state index contributed by atoms with van der Waals surface area (Å²) < 4.78 is 13.9. The van der Waals surface area contributed by atoms with Gasteiger partial charge in [-0.25, -0.2) is 9.37 Å². The lowest BCUT2D eigenvalue weighted by Crippen LogP contribution is -1.86. The number of rotatable bonds is 2. The molecular weight excluding hydrogens is 221 g/mol. The molecule has 84 valence electrons. The van der Waals surface area contributed by atoms with Crippen molar-refractivity contribution in [1.82, 2.24) is 4.98 Å². The molecule has 2 rings (SSSR count). The Morgan fingerprint density at radius 2 is 2.06 bits per heavy atom. The molecule has 1 aromatic carbocycles. The standard InChI is InChI=1S/C13H14FNS/c1-8(2)11-7-15-13(16-11)10-6-4-5-9(3)12(10)14/h4-8H,1-3H3. The lowest BCUT2D eigenvalue weighted by atomic mass is 10.1. The van der Waals surface area contributed by atoms with Crippen LogP contribution in [-0.4, -0.2) is 4.98 Å². The molecule has 1 aromatic heterocycles. The molecule has 0 amide bonds. The predicted molar refractivity (Wildman–Crippen MR) is 66.3 cm³/mol. The minimum absolute atomic E-state index is 0.160. The summed E-state index contributed by atoms with van der Waals surface area (Å²) >= 11 is 1.57. The van der Waals surface area contributed by atoms with Gasteiger partial charge in [-0.15, -0.1) is 11.3 Å². The molecule has 1 nitrogen and oxygen atoms in total. The zero-order valence-electron chi connectivity index (χ0n) is 9.62. The second-order valence-electron chi connectivity index (χ2n) is 4.16. The van der Waals surface area contributed by atoms with Gasteiger partial charge >= 0.3 is 0 Å². The molecule has 0 aliphatic carbocycles. The fourth-order valence-corrected chi connectivity index (χ4v) is 2.43. The molecule has 0 bridgehead atoms. The number of benzene rings is 1. The molecule has 2 aromatic rings. The first kappa shape index (κ1) is 11.3. The molecule has 0 saturated carbocycles. The Bertz CT molecular complexity index is 502. The van der Waals surface area contributed by atoms with Gasteiger partial charge in [-0.3, -0.25) is 0 Å². The molecule has 0 unspecified atom stereocenters. The summed E-state index contributed by atoms with van der Waals surface area (Å²) in [5, 5.41) is 0.768. The summed E-state index contributed by atoms with van der Waals surface area (Å²) in [6.45, 7) is 6.00. The zero-order valence-corrected chi connectivity index (χ0v) is 10.4. The third-order valence-electron chi connectivity index (χ3n) is 2.51. The highest BCUT2D eigenvalue weighted by Crippen LogP contribution is 2.31. The number of thiazole rings is 1. The van der Waals surface area contributed by atoms with Crippen molar-refractivity contribution < 1.29 is 4.39 Å². The van der Waals surface area contributed by atoms with Crippen molar-refractivity contribution in [2.75, 3.05) is 0 Å². The highest BCUT2D eigenvalue weighted by molar-refractivity contribution is 7.15. The van der Waals surface area contributed by atoms with Gasteiger partial charge in [-0.1, -0.05) is 26.0 Å². The highest BCUT2D eigenvalue weighted by atomic mass is 32.1. The van der Waals surface area contributed by atoms with E-state index in [0.717, 1.165) is 5.01 Å². The van der Waals surface area contributed by atoms with E-state index < -0.39 is 0 Å². The van der Waals surface area contributed by atoms with E-state index in [-0.39, 0.29) is 5.82 Å². The van der Waals surface area contributed by atoms with E-state index in [2.05, 4.69) is 18.8 Å². The van der Waals surface area contributed by atoms with E-state index >= 15 is 0 Å². The van der Waals surface area contributed by atoms with Crippen molar-refractivity contribution >= 4 is 11.3 Å². The zero-order chi connectivity index (χ0) is 11.7. The molecule has 0 aliphatic rings. The maximum Gasteiger partial charge on any atom is 0.136 e. The summed E-state index contributed by atoms with van der Waals surface area (Å²) in [4.78, 5) is 5.48. The van der Waals surface area contributed by atoms with Crippen LogP contribution in [0.1, 0.15) is 30.2 Å². The van der Waals surface area contributed by atoms with Gasteiger partial charge in [0.15, 0.2) is 0 Å². The molecule has 0 saturated heterocycles. The summed E-state index contributed by atoms with van der Waals surface area (Å²) in [5.74, 6) is 0.284. The molecule has 16 heavy (non-hydrogen) atoms. The Kier molecular flexibility index (Phi) is 3.06. The Morgan fingerprint density at radius 3 is 2.69 bits per heavy atom. The minimum Gasteiger partial charge on any atom is -0.244 e. The van der Waals surface area contributed by atoms with Crippen LogP contribution in [0.4, 0.5) is 4.39 Å². The molecule has 0 aliphatic heterocycles. The van der Waals surface area contributed by atoms with Crippen molar-refractivity contribution in [2.45, 2.75) is 26.7 Å². The summed E-state index contributed by atoms with van der Waals surface area (Å²) in [5.41, 5.74) is 1.27. The Morgan fingerprint density at radius 1 is 1.31 bits per heavy atom. The summed E-state index contributed by atoms with van der Waals surface area (Å²) in [6.07, 6.45) is 1.84. The van der Waals surface area contributed by atoms with E-state index in [9.17, 15) is 4.39 Å². The van der Waals surface area contributed by atoms with Crippen molar-refractivity contribution in [3.63, 3.8) is 0 Å². The fraction of sp³-hybridized carbons (Fsp3) is 0.308. The third kappa shape index (κ3) is 2.00. The Labute approximate surface area is 99.0 Å². The first-order chi connectivity index (χ1) is 7.59. The first-order valence-corrected chi connectivity index (χ1v) is 6.12. The largest absolute Gasteiger partial charge is 0.244 e. The van der Waals surface area contributed by atoms with E-state index in [0.29, 0.717) is 17.0 Å². The van der Waals surface area contributed by atoms with Gasteiger partial charge in [0.2, 0.25) is 0 Å². The van der Waals surface area contributed by atoms with Crippen LogP contribution < -0.4 is 0 Å². The van der Waals surface area contributed by atoms with Gasteiger partial charge in [0.25, 0.3) is 0 Å². The molecule has 3 heteroatoms. The second kappa shape index (κ2) is 4.34. The van der Waals surface area contributed by atoms with E-state index in [1.807, 2.05) is 12.3 Å². The number of hydrogen-bond donors (Lipinski definition) is 0. The van der Waals surface area contributed by atoms with Crippen molar-refractivity contribution in [1.29, 1.82) is 0 Å². The minimum atomic E-state index is -0.160. The van der Waals surface area contributed by atoms with Crippen LogP contribution in [0, 0.1) is 12.7 Å². The van der Waals surface area contributed by atoms with Gasteiger partial charge in [0.1, 0.15) is 10.8 Å². The van der Waals surface area contributed by atoms with Crippen molar-refractivity contribution in [3.8, 4) is 10.6 Å². The van der Waals surface area contributed by atoms with Crippen molar-refractivity contribution in [3.05, 3.63) is 40.7 Å². The molecule has 0 N–H and O–H groups in total. The van der Waals surface area contributed by atoms with Gasteiger partial charge in [0.05, 0.1) is 0 Å². The third-order valence-corrected chi connectivity index (χ3v) is 3.85. The lowest BCUT2D eigenvalue weighted by Gasteiger charge is -2.01. The molecule has 0 radical (unpaired) electrons. The smallest absolute Gasteiger partial charge is 0.136 e. The summed E-state index contributed by atoms with van der Waals surface area (Å²) in [6, 6.07) is 5.42. The topological polar surface area (TPSA) is 12.9 Å². The maximum absolute atomic E-state index is 13.9. The van der Waals surface area contributed by atoms with Gasteiger partial charge in [0, 0.05) is 16.6 Å². The number of aromatic nitrogens is 1. The van der Waals surface area contributed by atoms with E-state index in [1.165, 1.54) is 4.88 Å². The number of nitrogens with zero attached hydrogens (tertiary/aromatic N) is 1. The van der Waals surface area contributed by atoms with E-state index in [1.54, 1.807) is 30.4 Å². The lowest BCUT2D eigenvalue weighted by molar-refractivity contribution is 0.622. The fourth-order valence-electron chi connectivity index (χ4n) is 1.49. The number of halogens is 1.